The number of carbonyl (C=O) groups excluding carboxylic acids is 1. The van der Waals surface area contributed by atoms with Gasteiger partial charge in [-0.3, -0.25) is 4.79 Å². The molecule has 0 aromatic carbocycles. The number of hydrogen-bond acceptors (Lipinski definition) is 3. The third kappa shape index (κ3) is 3.28. The summed E-state index contributed by atoms with van der Waals surface area (Å²) in [5, 5.41) is 12.0. The highest BCUT2D eigenvalue weighted by atomic mass is 16.4. The van der Waals surface area contributed by atoms with E-state index >= 15 is 0 Å². The number of carbonyl (C=O) groups is 2. The van der Waals surface area contributed by atoms with Crippen LogP contribution in [0.2, 0.25) is 0 Å². The second-order valence-electron chi connectivity index (χ2n) is 5.39. The van der Waals surface area contributed by atoms with Crippen LogP contribution in [-0.4, -0.2) is 51.2 Å². The minimum absolute atomic E-state index is 0.127. The first-order valence-electron chi connectivity index (χ1n) is 6.73. The summed E-state index contributed by atoms with van der Waals surface area (Å²) in [6.45, 7) is 3.91. The average molecular weight is 280 g/mol. The Morgan fingerprint density at radius 1 is 1.40 bits per heavy atom. The Labute approximate surface area is 117 Å². The standard InChI is InChI=1S/C13H20N4O3/c1-13(11(18)19)2-6-17(7-3-13)12(20)15-5-9-16-8-4-14-10-16/h4,8,10H,2-3,5-7,9H2,1H3,(H,15,20)(H,18,19). The van der Waals surface area contributed by atoms with E-state index in [0.29, 0.717) is 39.0 Å². The predicted octanol–water partition coefficient (Wildman–Crippen LogP) is 0.779. The van der Waals surface area contributed by atoms with Crippen LogP contribution in [0.15, 0.2) is 18.7 Å². The Bertz CT molecular complexity index is 464. The van der Waals surface area contributed by atoms with E-state index in [-0.39, 0.29) is 6.03 Å². The molecule has 7 heteroatoms. The number of likely N-dealkylation sites (tertiary alicyclic amines) is 1. The summed E-state index contributed by atoms with van der Waals surface area (Å²) in [5.74, 6) is -0.780. The van der Waals surface area contributed by atoms with Crippen molar-refractivity contribution in [3.8, 4) is 0 Å². The summed E-state index contributed by atoms with van der Waals surface area (Å²) in [6.07, 6.45) is 6.23. The number of carboxylic acids is 1. The molecule has 0 aliphatic carbocycles. The van der Waals surface area contributed by atoms with Gasteiger partial charge in [0.15, 0.2) is 0 Å². The molecule has 7 nitrogen and oxygen atoms in total. The van der Waals surface area contributed by atoms with Crippen molar-refractivity contribution in [2.45, 2.75) is 26.3 Å². The van der Waals surface area contributed by atoms with Crippen LogP contribution >= 0.6 is 0 Å². The lowest BCUT2D eigenvalue weighted by Gasteiger charge is -2.36. The molecule has 1 aliphatic heterocycles. The van der Waals surface area contributed by atoms with E-state index in [4.69, 9.17) is 5.11 Å². The molecular weight excluding hydrogens is 260 g/mol. The van der Waals surface area contributed by atoms with Crippen LogP contribution in [0, 0.1) is 5.41 Å². The second-order valence-corrected chi connectivity index (χ2v) is 5.39. The van der Waals surface area contributed by atoms with Gasteiger partial charge in [0.2, 0.25) is 0 Å². The normalized spacial score (nSPS) is 17.8. The zero-order valence-corrected chi connectivity index (χ0v) is 11.6. The van der Waals surface area contributed by atoms with Crippen molar-refractivity contribution in [1.82, 2.24) is 19.8 Å². The summed E-state index contributed by atoms with van der Waals surface area (Å²) in [5.41, 5.74) is -0.701. The van der Waals surface area contributed by atoms with Crippen molar-refractivity contribution in [2.75, 3.05) is 19.6 Å². The van der Waals surface area contributed by atoms with Gasteiger partial charge in [0.05, 0.1) is 11.7 Å². The summed E-state index contributed by atoms with van der Waals surface area (Å²) in [6, 6.07) is -0.127. The summed E-state index contributed by atoms with van der Waals surface area (Å²) >= 11 is 0. The van der Waals surface area contributed by atoms with Crippen LogP contribution in [0.25, 0.3) is 0 Å². The van der Waals surface area contributed by atoms with Crippen molar-refractivity contribution in [3.05, 3.63) is 18.7 Å². The molecule has 2 rings (SSSR count). The third-order valence-electron chi connectivity index (χ3n) is 3.88. The molecule has 1 fully saturated rings. The Morgan fingerprint density at radius 2 is 2.10 bits per heavy atom. The van der Waals surface area contributed by atoms with Gasteiger partial charge in [0.1, 0.15) is 0 Å². The topological polar surface area (TPSA) is 87.5 Å². The van der Waals surface area contributed by atoms with Crippen LogP contribution in [0.1, 0.15) is 19.8 Å². The van der Waals surface area contributed by atoms with E-state index in [1.807, 2.05) is 10.8 Å². The molecule has 0 atom stereocenters. The van der Waals surface area contributed by atoms with Gasteiger partial charge in [0.25, 0.3) is 0 Å². The number of imidazole rings is 1. The van der Waals surface area contributed by atoms with E-state index < -0.39 is 11.4 Å². The number of amides is 2. The summed E-state index contributed by atoms with van der Waals surface area (Å²) in [7, 11) is 0. The number of piperidine rings is 1. The average Bonchev–Trinajstić information content (AvgIpc) is 2.92. The fourth-order valence-corrected chi connectivity index (χ4v) is 2.24. The van der Waals surface area contributed by atoms with E-state index in [1.165, 1.54) is 0 Å². The van der Waals surface area contributed by atoms with Crippen molar-refractivity contribution in [3.63, 3.8) is 0 Å². The molecule has 1 saturated heterocycles. The quantitative estimate of drug-likeness (QED) is 0.853. The van der Waals surface area contributed by atoms with Gasteiger partial charge >= 0.3 is 12.0 Å². The lowest BCUT2D eigenvalue weighted by Crippen LogP contribution is -2.49. The minimum atomic E-state index is -0.780. The SMILES string of the molecule is CC1(C(=O)O)CCN(C(=O)NCCn2ccnc2)CC1. The monoisotopic (exact) mass is 280 g/mol. The van der Waals surface area contributed by atoms with Gasteiger partial charge in [-0.1, -0.05) is 0 Å². The number of urea groups is 1. The molecule has 2 amide bonds. The highest BCUT2D eigenvalue weighted by Gasteiger charge is 2.37. The molecule has 1 aromatic rings. The Balaban J connectivity index is 1.73. The molecule has 20 heavy (non-hydrogen) atoms. The lowest BCUT2D eigenvalue weighted by atomic mass is 9.80. The molecule has 0 unspecified atom stereocenters. The van der Waals surface area contributed by atoms with Crippen LogP contribution in [-0.2, 0) is 11.3 Å². The van der Waals surface area contributed by atoms with Crippen molar-refractivity contribution < 1.29 is 14.7 Å². The maximum absolute atomic E-state index is 11.9. The van der Waals surface area contributed by atoms with Crippen molar-refractivity contribution >= 4 is 12.0 Å². The largest absolute Gasteiger partial charge is 0.481 e. The minimum Gasteiger partial charge on any atom is -0.481 e. The summed E-state index contributed by atoms with van der Waals surface area (Å²) < 4.78 is 1.89. The molecule has 2 N–H and O–H groups in total. The first kappa shape index (κ1) is 14.4. The Morgan fingerprint density at radius 3 is 2.65 bits per heavy atom. The third-order valence-corrected chi connectivity index (χ3v) is 3.88. The fourth-order valence-electron chi connectivity index (χ4n) is 2.24. The molecule has 1 aromatic heterocycles. The zero-order chi connectivity index (χ0) is 14.6. The number of aromatic nitrogens is 2. The number of carboxylic acid groups (broad SMARTS) is 1. The predicted molar refractivity (Wildman–Crippen MR) is 72.2 cm³/mol. The maximum atomic E-state index is 11.9. The first-order valence-corrected chi connectivity index (χ1v) is 6.73. The van der Waals surface area contributed by atoms with Crippen LogP contribution < -0.4 is 5.32 Å². The fraction of sp³-hybridized carbons (Fsp3) is 0.615. The van der Waals surface area contributed by atoms with E-state index in [2.05, 4.69) is 10.3 Å². The zero-order valence-electron chi connectivity index (χ0n) is 11.6. The van der Waals surface area contributed by atoms with Gasteiger partial charge in [-0.05, 0) is 19.8 Å². The van der Waals surface area contributed by atoms with Crippen LogP contribution in [0.3, 0.4) is 0 Å². The van der Waals surface area contributed by atoms with E-state index in [1.54, 1.807) is 24.3 Å². The Hall–Kier alpha value is -2.05. The molecule has 0 radical (unpaired) electrons. The van der Waals surface area contributed by atoms with Gasteiger partial charge in [0, 0.05) is 38.6 Å². The maximum Gasteiger partial charge on any atom is 0.317 e. The number of rotatable bonds is 4. The summed E-state index contributed by atoms with van der Waals surface area (Å²) in [4.78, 5) is 28.7. The molecule has 0 bridgehead atoms. The molecule has 0 spiro atoms. The lowest BCUT2D eigenvalue weighted by molar-refractivity contribution is -0.150. The number of aliphatic carboxylic acids is 1. The van der Waals surface area contributed by atoms with Crippen molar-refractivity contribution in [1.29, 1.82) is 0 Å². The van der Waals surface area contributed by atoms with Crippen LogP contribution in [0.5, 0.6) is 0 Å². The first-order chi connectivity index (χ1) is 9.51. The molecule has 110 valence electrons. The highest BCUT2D eigenvalue weighted by molar-refractivity contribution is 5.76. The van der Waals surface area contributed by atoms with E-state index in [0.717, 1.165) is 0 Å². The van der Waals surface area contributed by atoms with Crippen molar-refractivity contribution in [2.24, 2.45) is 5.41 Å². The van der Waals surface area contributed by atoms with Gasteiger partial charge in [-0.15, -0.1) is 0 Å². The molecule has 2 heterocycles. The van der Waals surface area contributed by atoms with Crippen LogP contribution in [0.4, 0.5) is 4.79 Å². The molecule has 1 aliphatic rings. The highest BCUT2D eigenvalue weighted by Crippen LogP contribution is 2.30. The number of nitrogens with zero attached hydrogens (tertiary/aromatic N) is 3. The van der Waals surface area contributed by atoms with Gasteiger partial charge < -0.3 is 19.9 Å². The number of nitrogens with one attached hydrogen (secondary N) is 1. The molecule has 0 saturated carbocycles. The smallest absolute Gasteiger partial charge is 0.317 e. The Kier molecular flexibility index (Phi) is 4.26. The molecular formula is C13H20N4O3. The second kappa shape index (κ2) is 5.94. The van der Waals surface area contributed by atoms with Gasteiger partial charge in [-0.2, -0.15) is 0 Å². The van der Waals surface area contributed by atoms with E-state index in [9.17, 15) is 9.59 Å². The van der Waals surface area contributed by atoms with Gasteiger partial charge in [-0.25, -0.2) is 9.78 Å². The number of hydrogen-bond donors (Lipinski definition) is 2.